The van der Waals surface area contributed by atoms with Gasteiger partial charge in [-0.1, -0.05) is 11.6 Å². The van der Waals surface area contributed by atoms with E-state index in [0.29, 0.717) is 5.02 Å². The van der Waals surface area contributed by atoms with Crippen LogP contribution in [0, 0.1) is 0 Å². The molecule has 2 heterocycles. The average molecular weight is 291 g/mol. The highest BCUT2D eigenvalue weighted by Gasteiger charge is 2.15. The number of benzene rings is 1. The number of nitrogens with zero attached hydrogens (tertiary/aromatic N) is 2. The molecule has 0 saturated carbocycles. The fourth-order valence-electron chi connectivity index (χ4n) is 2.31. The van der Waals surface area contributed by atoms with Gasteiger partial charge in [-0.15, -0.1) is 0 Å². The minimum atomic E-state index is 0.706. The van der Waals surface area contributed by atoms with E-state index in [1.165, 1.54) is 32.5 Å². The molecule has 1 saturated heterocycles. The SMILES string of the molecule is Clc1ccc2c(OCCCCCN3CC3)ccnc2c1. The molecule has 1 fully saturated rings. The summed E-state index contributed by atoms with van der Waals surface area (Å²) in [5.74, 6) is 0.901. The maximum atomic E-state index is 5.98. The Bertz CT molecular complexity index is 584. The molecule has 0 radical (unpaired) electrons. The van der Waals surface area contributed by atoms with Crippen LogP contribution in [-0.4, -0.2) is 36.1 Å². The van der Waals surface area contributed by atoms with E-state index in [2.05, 4.69) is 9.88 Å². The van der Waals surface area contributed by atoms with Gasteiger partial charge in [-0.05, 0) is 50.1 Å². The first-order valence-electron chi connectivity index (χ1n) is 7.22. The minimum absolute atomic E-state index is 0.706. The lowest BCUT2D eigenvalue weighted by atomic mass is 10.2. The monoisotopic (exact) mass is 290 g/mol. The summed E-state index contributed by atoms with van der Waals surface area (Å²) < 4.78 is 5.89. The predicted molar refractivity (Wildman–Crippen MR) is 82.5 cm³/mol. The fraction of sp³-hybridized carbons (Fsp3) is 0.438. The van der Waals surface area contributed by atoms with Crippen LogP contribution >= 0.6 is 11.6 Å². The molecule has 0 spiro atoms. The Morgan fingerprint density at radius 3 is 2.90 bits per heavy atom. The molecular weight excluding hydrogens is 272 g/mol. The summed E-state index contributed by atoms with van der Waals surface area (Å²) in [6.07, 6.45) is 5.38. The van der Waals surface area contributed by atoms with E-state index < -0.39 is 0 Å². The first-order chi connectivity index (χ1) is 9.83. The normalized spacial score (nSPS) is 14.7. The lowest BCUT2D eigenvalue weighted by Crippen LogP contribution is -2.02. The van der Waals surface area contributed by atoms with Crippen LogP contribution in [0.5, 0.6) is 5.75 Å². The summed E-state index contributed by atoms with van der Waals surface area (Å²) in [5.41, 5.74) is 0.886. The van der Waals surface area contributed by atoms with E-state index in [1.807, 2.05) is 24.3 Å². The van der Waals surface area contributed by atoms with Crippen LogP contribution in [-0.2, 0) is 0 Å². The first-order valence-corrected chi connectivity index (χ1v) is 7.60. The van der Waals surface area contributed by atoms with Crippen molar-refractivity contribution < 1.29 is 4.74 Å². The van der Waals surface area contributed by atoms with Gasteiger partial charge in [0.25, 0.3) is 0 Å². The second-order valence-electron chi connectivity index (χ2n) is 5.22. The van der Waals surface area contributed by atoms with E-state index >= 15 is 0 Å². The lowest BCUT2D eigenvalue weighted by Gasteiger charge is -2.09. The molecule has 0 N–H and O–H groups in total. The van der Waals surface area contributed by atoms with Gasteiger partial charge in [-0.25, -0.2) is 0 Å². The Balaban J connectivity index is 1.51. The van der Waals surface area contributed by atoms with Gasteiger partial charge in [0, 0.05) is 29.7 Å². The maximum Gasteiger partial charge on any atom is 0.130 e. The standard InChI is InChI=1S/C16H19ClN2O/c17-13-4-5-14-15(12-13)18-7-6-16(14)20-11-3-1-2-8-19-9-10-19/h4-7,12H,1-3,8-11H2. The maximum absolute atomic E-state index is 5.98. The van der Waals surface area contributed by atoms with Crippen molar-refractivity contribution in [2.45, 2.75) is 19.3 Å². The summed E-state index contributed by atoms with van der Waals surface area (Å²) in [5, 5.41) is 1.73. The van der Waals surface area contributed by atoms with E-state index in [-0.39, 0.29) is 0 Å². The van der Waals surface area contributed by atoms with Crippen molar-refractivity contribution in [3.8, 4) is 5.75 Å². The van der Waals surface area contributed by atoms with Gasteiger partial charge in [-0.2, -0.15) is 0 Å². The number of pyridine rings is 1. The van der Waals surface area contributed by atoms with Crippen LogP contribution in [0.3, 0.4) is 0 Å². The molecule has 0 bridgehead atoms. The van der Waals surface area contributed by atoms with Crippen molar-refractivity contribution in [1.29, 1.82) is 0 Å². The van der Waals surface area contributed by atoms with Crippen LogP contribution in [0.25, 0.3) is 10.9 Å². The molecule has 20 heavy (non-hydrogen) atoms. The first kappa shape index (κ1) is 13.7. The Morgan fingerprint density at radius 1 is 1.15 bits per heavy atom. The van der Waals surface area contributed by atoms with Gasteiger partial charge in [-0.3, -0.25) is 4.98 Å². The average Bonchev–Trinajstić information content (AvgIpc) is 3.26. The molecule has 1 aromatic heterocycles. The van der Waals surface area contributed by atoms with Gasteiger partial charge >= 0.3 is 0 Å². The summed E-state index contributed by atoms with van der Waals surface area (Å²) >= 11 is 5.98. The zero-order chi connectivity index (χ0) is 13.8. The van der Waals surface area contributed by atoms with Gasteiger partial charge in [0.2, 0.25) is 0 Å². The van der Waals surface area contributed by atoms with Crippen molar-refractivity contribution >= 4 is 22.5 Å². The van der Waals surface area contributed by atoms with Crippen LogP contribution in [0.4, 0.5) is 0 Å². The number of unbranched alkanes of at least 4 members (excludes halogenated alkanes) is 2. The van der Waals surface area contributed by atoms with Gasteiger partial charge in [0.05, 0.1) is 12.1 Å². The predicted octanol–water partition coefficient (Wildman–Crippen LogP) is 3.75. The zero-order valence-corrected chi connectivity index (χ0v) is 12.3. The van der Waals surface area contributed by atoms with Crippen molar-refractivity contribution in [2.75, 3.05) is 26.2 Å². The highest BCUT2D eigenvalue weighted by atomic mass is 35.5. The van der Waals surface area contributed by atoms with E-state index in [9.17, 15) is 0 Å². The molecule has 3 rings (SSSR count). The third kappa shape index (κ3) is 3.62. The molecule has 0 amide bonds. The molecular formula is C16H19ClN2O. The fourth-order valence-corrected chi connectivity index (χ4v) is 2.48. The summed E-state index contributed by atoms with van der Waals surface area (Å²) in [4.78, 5) is 6.78. The Morgan fingerprint density at radius 2 is 2.05 bits per heavy atom. The molecule has 0 aliphatic carbocycles. The number of hydrogen-bond donors (Lipinski definition) is 0. The largest absolute Gasteiger partial charge is 0.493 e. The topological polar surface area (TPSA) is 25.1 Å². The van der Waals surface area contributed by atoms with Crippen LogP contribution in [0.15, 0.2) is 30.5 Å². The summed E-state index contributed by atoms with van der Waals surface area (Å²) in [6, 6.07) is 7.64. The Kier molecular flexibility index (Phi) is 4.38. The van der Waals surface area contributed by atoms with E-state index in [4.69, 9.17) is 16.3 Å². The number of fused-ring (bicyclic) bond motifs is 1. The highest BCUT2D eigenvalue weighted by Crippen LogP contribution is 2.26. The van der Waals surface area contributed by atoms with Crippen molar-refractivity contribution in [2.24, 2.45) is 0 Å². The second-order valence-corrected chi connectivity index (χ2v) is 5.66. The van der Waals surface area contributed by atoms with Gasteiger partial charge in [0.15, 0.2) is 0 Å². The lowest BCUT2D eigenvalue weighted by molar-refractivity contribution is 0.306. The summed E-state index contributed by atoms with van der Waals surface area (Å²) in [7, 11) is 0. The summed E-state index contributed by atoms with van der Waals surface area (Å²) in [6.45, 7) is 4.60. The molecule has 2 aromatic rings. The van der Waals surface area contributed by atoms with Gasteiger partial charge in [0.1, 0.15) is 5.75 Å². The molecule has 3 nitrogen and oxygen atoms in total. The van der Waals surface area contributed by atoms with Crippen LogP contribution in [0.1, 0.15) is 19.3 Å². The van der Waals surface area contributed by atoms with E-state index in [1.54, 1.807) is 6.20 Å². The molecule has 4 heteroatoms. The van der Waals surface area contributed by atoms with Crippen LogP contribution in [0.2, 0.25) is 5.02 Å². The van der Waals surface area contributed by atoms with Crippen LogP contribution < -0.4 is 4.74 Å². The molecule has 0 atom stereocenters. The quantitative estimate of drug-likeness (QED) is 0.573. The Labute approximate surface area is 124 Å². The second kappa shape index (κ2) is 6.42. The molecule has 106 valence electrons. The van der Waals surface area contributed by atoms with E-state index in [0.717, 1.165) is 29.7 Å². The number of rotatable bonds is 7. The highest BCUT2D eigenvalue weighted by molar-refractivity contribution is 6.31. The zero-order valence-electron chi connectivity index (χ0n) is 11.5. The molecule has 0 unspecified atom stereocenters. The molecule has 1 aliphatic heterocycles. The van der Waals surface area contributed by atoms with Crippen molar-refractivity contribution in [1.82, 2.24) is 9.88 Å². The van der Waals surface area contributed by atoms with Gasteiger partial charge < -0.3 is 9.64 Å². The number of aromatic nitrogens is 1. The molecule has 1 aromatic carbocycles. The van der Waals surface area contributed by atoms with Crippen molar-refractivity contribution in [3.05, 3.63) is 35.5 Å². The number of halogens is 1. The number of ether oxygens (including phenoxy) is 1. The minimum Gasteiger partial charge on any atom is -0.493 e. The third-order valence-electron chi connectivity index (χ3n) is 3.58. The third-order valence-corrected chi connectivity index (χ3v) is 3.82. The Hall–Kier alpha value is -1.32. The van der Waals surface area contributed by atoms with Crippen molar-refractivity contribution in [3.63, 3.8) is 0 Å². The number of hydrogen-bond acceptors (Lipinski definition) is 3. The molecule has 1 aliphatic rings. The smallest absolute Gasteiger partial charge is 0.130 e.